The number of alkyl halides is 2. The van der Waals surface area contributed by atoms with E-state index in [0.29, 0.717) is 31.9 Å². The van der Waals surface area contributed by atoms with Crippen LogP contribution in [-0.4, -0.2) is 115 Å². The molecule has 0 spiro atoms. The number of likely N-dealkylation sites (N-methyl/N-ethyl adjacent to an activating group) is 1. The molecule has 12 heteroatoms. The molecule has 1 amide bonds. The van der Waals surface area contributed by atoms with E-state index < -0.39 is 24.5 Å². The summed E-state index contributed by atoms with van der Waals surface area (Å²) in [6.45, 7) is 5.75. The first-order valence-corrected chi connectivity index (χ1v) is 15.6. The average molecular weight is 624 g/mol. The second kappa shape index (κ2) is 17.0. The summed E-state index contributed by atoms with van der Waals surface area (Å²) in [5.74, 6) is -3.56. The summed E-state index contributed by atoms with van der Waals surface area (Å²) in [5.41, 5.74) is 0.155. The van der Waals surface area contributed by atoms with Crippen LogP contribution in [0.3, 0.4) is 0 Å². The number of nitrogens with one attached hydrogen (secondary N) is 1. The summed E-state index contributed by atoms with van der Waals surface area (Å²) in [4.78, 5) is 50.0. The molecule has 2 heterocycles. The zero-order valence-electron chi connectivity index (χ0n) is 26.1. The van der Waals surface area contributed by atoms with Crippen LogP contribution in [0.15, 0.2) is 18.2 Å². The normalized spacial score (nSPS) is 18.8. The maximum atomic E-state index is 13.9. The highest BCUT2D eigenvalue weighted by Crippen LogP contribution is 2.26. The summed E-state index contributed by atoms with van der Waals surface area (Å²) < 4.78 is 39.0. The zero-order chi connectivity index (χ0) is 32.3. The van der Waals surface area contributed by atoms with Crippen molar-refractivity contribution < 1.29 is 42.5 Å². The Bertz CT molecular complexity index is 1120. The maximum absolute atomic E-state index is 13.9. The zero-order valence-corrected chi connectivity index (χ0v) is 26.1. The molecule has 44 heavy (non-hydrogen) atoms. The molecule has 2 aliphatic heterocycles. The smallest absolute Gasteiger partial charge is 0.283 e. The number of carbonyl (C=O) groups is 4. The summed E-state index contributed by atoms with van der Waals surface area (Å²) >= 11 is 0. The number of hydrogen-bond donors (Lipinski definition) is 2. The predicted octanol–water partition coefficient (Wildman–Crippen LogP) is 3.64. The lowest BCUT2D eigenvalue weighted by Crippen LogP contribution is -2.52. The Kier molecular flexibility index (Phi) is 13.8. The third kappa shape index (κ3) is 11.0. The molecule has 1 aliphatic carbocycles. The number of benzene rings is 1. The minimum Gasteiger partial charge on any atom is -0.508 e. The number of piperidine rings is 1. The molecule has 2 N–H and O–H groups in total. The van der Waals surface area contributed by atoms with Crippen LogP contribution in [0.2, 0.25) is 0 Å². The Morgan fingerprint density at radius 3 is 2.34 bits per heavy atom. The van der Waals surface area contributed by atoms with Crippen molar-refractivity contribution in [3.05, 3.63) is 29.3 Å². The maximum Gasteiger partial charge on any atom is 0.283 e. The summed E-state index contributed by atoms with van der Waals surface area (Å²) in [7, 11) is 1.46. The van der Waals surface area contributed by atoms with E-state index in [-0.39, 0.29) is 60.0 Å². The van der Waals surface area contributed by atoms with E-state index in [1.165, 1.54) is 37.1 Å². The number of halogens is 2. The number of amides is 1. The highest BCUT2D eigenvalue weighted by atomic mass is 19.3. The van der Waals surface area contributed by atoms with E-state index in [4.69, 9.17) is 9.47 Å². The second-order valence-corrected chi connectivity index (χ2v) is 12.0. The minimum atomic E-state index is -2.73. The van der Waals surface area contributed by atoms with Crippen molar-refractivity contribution >= 4 is 23.8 Å². The van der Waals surface area contributed by atoms with Crippen LogP contribution in [-0.2, 0) is 19.1 Å². The van der Waals surface area contributed by atoms with Crippen LogP contribution in [0.5, 0.6) is 5.75 Å². The lowest BCUT2D eigenvalue weighted by Gasteiger charge is -2.38. The number of phenolic OH excluding ortho intramolecular Hbond substituents is 1. The molecule has 1 unspecified atom stereocenters. The third-order valence-electron chi connectivity index (χ3n) is 8.44. The van der Waals surface area contributed by atoms with Gasteiger partial charge in [-0.1, -0.05) is 6.92 Å². The number of aldehydes is 1. The second-order valence-electron chi connectivity index (χ2n) is 12.0. The van der Waals surface area contributed by atoms with Gasteiger partial charge in [-0.25, -0.2) is 8.78 Å². The Hall–Kier alpha value is -2.80. The molecule has 3 aliphatic rings. The van der Waals surface area contributed by atoms with Crippen molar-refractivity contribution in [1.82, 2.24) is 15.1 Å². The molecular weight excluding hydrogens is 576 g/mol. The topological polar surface area (TPSA) is 125 Å². The number of rotatable bonds is 15. The Morgan fingerprint density at radius 1 is 1.14 bits per heavy atom. The van der Waals surface area contributed by atoms with Gasteiger partial charge in [-0.3, -0.25) is 24.1 Å². The number of Topliss-reactive ketones (excluding diaryl/α,β-unsaturated/α-hetero) is 2. The summed E-state index contributed by atoms with van der Waals surface area (Å²) in [5, 5.41) is 12.6. The molecule has 1 atom stereocenters. The molecule has 4 rings (SSSR count). The average Bonchev–Trinajstić information content (AvgIpc) is 2.94. The number of carbonyl (C=O) groups excluding carboxylic acids is 4. The van der Waals surface area contributed by atoms with Crippen molar-refractivity contribution in [3.8, 4) is 5.75 Å². The van der Waals surface area contributed by atoms with Gasteiger partial charge >= 0.3 is 0 Å². The number of ether oxygens (including phenoxy) is 2. The van der Waals surface area contributed by atoms with Crippen LogP contribution in [0.1, 0.15) is 85.9 Å². The molecule has 0 bridgehead atoms. The van der Waals surface area contributed by atoms with Crippen LogP contribution < -0.4 is 5.32 Å². The number of ketones is 2. The highest BCUT2D eigenvalue weighted by molar-refractivity contribution is 6.03. The van der Waals surface area contributed by atoms with Gasteiger partial charge in [0.05, 0.1) is 36.5 Å². The van der Waals surface area contributed by atoms with E-state index >= 15 is 0 Å². The van der Waals surface area contributed by atoms with E-state index in [1.54, 1.807) is 6.92 Å². The number of aromatic hydroxyl groups is 1. The van der Waals surface area contributed by atoms with Crippen LogP contribution >= 0.6 is 0 Å². The molecule has 3 fully saturated rings. The standard InChI is InChI=1S/C17H21NO5.C15H26F2N2O2/c1-4-13(21)6-8-16(11(2)20)18(3)17(23)15-7-5-14(22)9-12(15)10-19;16-15(17,11-20-12-2-1-3-12)10-19-6-4-13(5-7-19)21-14-8-18-9-14/h5,7,9-10,16,22H,4,6,8H2,1-3H3;12-14,18H,1-11H2. The van der Waals surface area contributed by atoms with Gasteiger partial charge in [-0.05, 0) is 63.6 Å². The van der Waals surface area contributed by atoms with Gasteiger partial charge < -0.3 is 24.8 Å². The van der Waals surface area contributed by atoms with Gasteiger partial charge in [0, 0.05) is 51.6 Å². The van der Waals surface area contributed by atoms with Gasteiger partial charge in [-0.15, -0.1) is 0 Å². The SMILES string of the molecule is CCC(=O)CCC(C(C)=O)N(C)C(=O)c1ccc(O)cc1C=O.FC(F)(COC1CCC1)CN1CCC(OC2CNC2)CC1. The van der Waals surface area contributed by atoms with Crippen LogP contribution in [0.4, 0.5) is 8.78 Å². The highest BCUT2D eigenvalue weighted by Gasteiger charge is 2.36. The van der Waals surface area contributed by atoms with Crippen LogP contribution in [0, 0.1) is 0 Å². The van der Waals surface area contributed by atoms with E-state index in [1.807, 2.05) is 4.90 Å². The molecule has 246 valence electrons. The Balaban J connectivity index is 0.000000241. The number of likely N-dealkylation sites (tertiary alicyclic amines) is 1. The first-order valence-electron chi connectivity index (χ1n) is 15.6. The monoisotopic (exact) mass is 623 g/mol. The van der Waals surface area contributed by atoms with Gasteiger partial charge in [0.25, 0.3) is 11.8 Å². The Morgan fingerprint density at radius 2 is 1.82 bits per heavy atom. The predicted molar refractivity (Wildman–Crippen MR) is 160 cm³/mol. The fourth-order valence-electron chi connectivity index (χ4n) is 5.30. The van der Waals surface area contributed by atoms with Gasteiger partial charge in [-0.2, -0.15) is 0 Å². The van der Waals surface area contributed by atoms with Gasteiger partial charge in [0.2, 0.25) is 0 Å². The molecule has 1 saturated carbocycles. The molecule has 1 aromatic rings. The van der Waals surface area contributed by atoms with Crippen molar-refractivity contribution in [1.29, 1.82) is 0 Å². The fourth-order valence-corrected chi connectivity index (χ4v) is 5.30. The molecule has 1 aromatic carbocycles. The molecule has 0 radical (unpaired) electrons. The van der Waals surface area contributed by atoms with Crippen molar-refractivity contribution in [2.24, 2.45) is 0 Å². The van der Waals surface area contributed by atoms with E-state index in [0.717, 1.165) is 45.2 Å². The van der Waals surface area contributed by atoms with Crippen molar-refractivity contribution in [2.45, 2.75) is 95.5 Å². The summed E-state index contributed by atoms with van der Waals surface area (Å²) in [6, 6.07) is 3.10. The third-order valence-corrected chi connectivity index (χ3v) is 8.44. The Labute approximate surface area is 258 Å². The van der Waals surface area contributed by atoms with Crippen LogP contribution in [0.25, 0.3) is 0 Å². The molecule has 0 aromatic heterocycles. The largest absolute Gasteiger partial charge is 0.508 e. The van der Waals surface area contributed by atoms with E-state index in [9.17, 15) is 33.1 Å². The van der Waals surface area contributed by atoms with E-state index in [2.05, 4.69) is 5.32 Å². The lowest BCUT2D eigenvalue weighted by atomic mass is 9.96. The number of hydrogen-bond acceptors (Lipinski definition) is 9. The first kappa shape index (κ1) is 35.7. The minimum absolute atomic E-state index is 0.0234. The first-order chi connectivity index (χ1) is 20.9. The molecular formula is C32H47F2N3O7. The molecule has 10 nitrogen and oxygen atoms in total. The van der Waals surface area contributed by atoms with Gasteiger partial charge in [0.1, 0.15) is 18.1 Å². The van der Waals surface area contributed by atoms with Gasteiger partial charge in [0.15, 0.2) is 12.1 Å². The van der Waals surface area contributed by atoms with Crippen molar-refractivity contribution in [3.63, 3.8) is 0 Å². The fraction of sp³-hybridized carbons (Fsp3) is 0.688. The molecule has 2 saturated heterocycles. The number of nitrogens with zero attached hydrogens (tertiary/aromatic N) is 2. The number of phenols is 1. The van der Waals surface area contributed by atoms with Crippen molar-refractivity contribution in [2.75, 3.05) is 46.4 Å². The lowest BCUT2D eigenvalue weighted by molar-refractivity contribution is -0.133. The quantitative estimate of drug-likeness (QED) is 0.282. The summed E-state index contributed by atoms with van der Waals surface area (Å²) in [6.07, 6.45) is 6.68.